The second-order valence-corrected chi connectivity index (χ2v) is 6.70. The molecular weight excluding hydrogens is 300 g/mol. The van der Waals surface area contributed by atoms with Crippen molar-refractivity contribution in [1.82, 2.24) is 20.4 Å². The predicted octanol–water partition coefficient (Wildman–Crippen LogP) is 2.28. The van der Waals surface area contributed by atoms with E-state index in [2.05, 4.69) is 28.7 Å². The van der Waals surface area contributed by atoms with Crippen LogP contribution in [0.5, 0.6) is 0 Å². The minimum atomic E-state index is 0.0123. The van der Waals surface area contributed by atoms with Crippen molar-refractivity contribution in [2.45, 2.75) is 33.2 Å². The topological polar surface area (TPSA) is 59.0 Å². The molecule has 1 aromatic heterocycles. The summed E-state index contributed by atoms with van der Waals surface area (Å²) in [6, 6.07) is 9.88. The standard InChI is InChI=1S/C19H26N4O/c1-14-10-15(2)23(22-14)13-16-5-7-18(8-6-16)19(24)21-12-17-4-3-9-20-11-17/h5-8,10,17,20H,3-4,9,11-13H2,1-2H3,(H,21,24). The maximum absolute atomic E-state index is 12.3. The zero-order valence-corrected chi connectivity index (χ0v) is 14.5. The van der Waals surface area contributed by atoms with Crippen molar-refractivity contribution in [2.24, 2.45) is 5.92 Å². The Morgan fingerprint density at radius 3 is 2.75 bits per heavy atom. The summed E-state index contributed by atoms with van der Waals surface area (Å²) < 4.78 is 1.99. The lowest BCUT2D eigenvalue weighted by Gasteiger charge is -2.22. The van der Waals surface area contributed by atoms with Gasteiger partial charge in [0.1, 0.15) is 0 Å². The largest absolute Gasteiger partial charge is 0.352 e. The first-order valence-corrected chi connectivity index (χ1v) is 8.71. The highest BCUT2D eigenvalue weighted by Crippen LogP contribution is 2.11. The van der Waals surface area contributed by atoms with Crippen LogP contribution in [0, 0.1) is 19.8 Å². The molecule has 1 atom stereocenters. The molecule has 0 spiro atoms. The zero-order chi connectivity index (χ0) is 16.9. The minimum Gasteiger partial charge on any atom is -0.352 e. The van der Waals surface area contributed by atoms with E-state index in [9.17, 15) is 4.79 Å². The summed E-state index contributed by atoms with van der Waals surface area (Å²) in [6.07, 6.45) is 2.39. The molecule has 3 rings (SSSR count). The molecule has 0 saturated carbocycles. The molecule has 1 aromatic carbocycles. The maximum Gasteiger partial charge on any atom is 0.251 e. The van der Waals surface area contributed by atoms with Crippen LogP contribution in [0.25, 0.3) is 0 Å². The number of benzene rings is 1. The second-order valence-electron chi connectivity index (χ2n) is 6.70. The van der Waals surface area contributed by atoms with Gasteiger partial charge in [-0.15, -0.1) is 0 Å². The molecule has 24 heavy (non-hydrogen) atoms. The van der Waals surface area contributed by atoms with Gasteiger partial charge in [0.15, 0.2) is 0 Å². The van der Waals surface area contributed by atoms with E-state index in [0.29, 0.717) is 5.92 Å². The number of carbonyl (C=O) groups excluding carboxylic acids is 1. The minimum absolute atomic E-state index is 0.0123. The van der Waals surface area contributed by atoms with E-state index in [1.807, 2.05) is 35.9 Å². The average molecular weight is 326 g/mol. The van der Waals surface area contributed by atoms with Crippen LogP contribution in [0.15, 0.2) is 30.3 Å². The summed E-state index contributed by atoms with van der Waals surface area (Å²) in [7, 11) is 0. The monoisotopic (exact) mass is 326 g/mol. The van der Waals surface area contributed by atoms with Crippen LogP contribution in [0.4, 0.5) is 0 Å². The van der Waals surface area contributed by atoms with Crippen LogP contribution < -0.4 is 10.6 Å². The fraction of sp³-hybridized carbons (Fsp3) is 0.474. The molecule has 5 heteroatoms. The lowest BCUT2D eigenvalue weighted by atomic mass is 9.99. The summed E-state index contributed by atoms with van der Waals surface area (Å²) in [4.78, 5) is 12.3. The number of amides is 1. The van der Waals surface area contributed by atoms with E-state index >= 15 is 0 Å². The second kappa shape index (κ2) is 7.62. The van der Waals surface area contributed by atoms with E-state index < -0.39 is 0 Å². The first kappa shape index (κ1) is 16.7. The van der Waals surface area contributed by atoms with Crippen molar-refractivity contribution in [3.8, 4) is 0 Å². The van der Waals surface area contributed by atoms with Crippen LogP contribution in [0.3, 0.4) is 0 Å². The van der Waals surface area contributed by atoms with E-state index in [1.54, 1.807) is 0 Å². The summed E-state index contributed by atoms with van der Waals surface area (Å²) in [6.45, 7) is 7.64. The predicted molar refractivity (Wildman–Crippen MR) is 95.2 cm³/mol. The highest BCUT2D eigenvalue weighted by atomic mass is 16.1. The summed E-state index contributed by atoms with van der Waals surface area (Å²) in [5.74, 6) is 0.561. The molecule has 1 unspecified atom stereocenters. The normalized spacial score (nSPS) is 17.7. The Balaban J connectivity index is 1.55. The van der Waals surface area contributed by atoms with Gasteiger partial charge in [0.05, 0.1) is 12.2 Å². The van der Waals surface area contributed by atoms with Crippen molar-refractivity contribution in [3.63, 3.8) is 0 Å². The van der Waals surface area contributed by atoms with Crippen LogP contribution in [0.2, 0.25) is 0 Å². The van der Waals surface area contributed by atoms with Crippen LogP contribution >= 0.6 is 0 Å². The average Bonchev–Trinajstić information content (AvgIpc) is 2.91. The number of hydrogen-bond acceptors (Lipinski definition) is 3. The van der Waals surface area contributed by atoms with Gasteiger partial charge in [-0.2, -0.15) is 5.10 Å². The van der Waals surface area contributed by atoms with Crippen molar-refractivity contribution in [2.75, 3.05) is 19.6 Å². The molecule has 128 valence electrons. The molecule has 1 amide bonds. The van der Waals surface area contributed by atoms with Crippen LogP contribution in [-0.2, 0) is 6.54 Å². The number of nitrogens with one attached hydrogen (secondary N) is 2. The summed E-state index contributed by atoms with van der Waals surface area (Å²) in [5.41, 5.74) is 4.04. The van der Waals surface area contributed by atoms with Gasteiger partial charge in [0, 0.05) is 17.8 Å². The third-order valence-electron chi connectivity index (χ3n) is 4.60. The quantitative estimate of drug-likeness (QED) is 0.886. The molecule has 0 aliphatic carbocycles. The van der Waals surface area contributed by atoms with E-state index in [4.69, 9.17) is 0 Å². The maximum atomic E-state index is 12.3. The van der Waals surface area contributed by atoms with Crippen LogP contribution in [-0.4, -0.2) is 35.3 Å². The number of piperidine rings is 1. The van der Waals surface area contributed by atoms with Gasteiger partial charge in [-0.3, -0.25) is 9.48 Å². The van der Waals surface area contributed by atoms with Gasteiger partial charge in [-0.05, 0) is 69.5 Å². The van der Waals surface area contributed by atoms with Gasteiger partial charge in [0.2, 0.25) is 0 Å². The van der Waals surface area contributed by atoms with Gasteiger partial charge >= 0.3 is 0 Å². The zero-order valence-electron chi connectivity index (χ0n) is 14.5. The number of carbonyl (C=O) groups is 1. The molecule has 5 nitrogen and oxygen atoms in total. The fourth-order valence-electron chi connectivity index (χ4n) is 3.21. The highest BCUT2D eigenvalue weighted by Gasteiger charge is 2.14. The first-order valence-electron chi connectivity index (χ1n) is 8.71. The van der Waals surface area contributed by atoms with Crippen molar-refractivity contribution in [3.05, 3.63) is 52.8 Å². The smallest absolute Gasteiger partial charge is 0.251 e. The highest BCUT2D eigenvalue weighted by molar-refractivity contribution is 5.94. The number of rotatable bonds is 5. The molecule has 0 radical (unpaired) electrons. The number of hydrogen-bond donors (Lipinski definition) is 2. The van der Waals surface area contributed by atoms with Gasteiger partial charge < -0.3 is 10.6 Å². The SMILES string of the molecule is Cc1cc(C)n(Cc2ccc(C(=O)NCC3CCCNC3)cc2)n1. The summed E-state index contributed by atoms with van der Waals surface area (Å²) >= 11 is 0. The number of aromatic nitrogens is 2. The Morgan fingerprint density at radius 2 is 2.12 bits per heavy atom. The van der Waals surface area contributed by atoms with Gasteiger partial charge in [-0.25, -0.2) is 0 Å². The van der Waals surface area contributed by atoms with Crippen molar-refractivity contribution < 1.29 is 4.79 Å². The Morgan fingerprint density at radius 1 is 1.33 bits per heavy atom. The summed E-state index contributed by atoms with van der Waals surface area (Å²) in [5, 5.41) is 10.9. The lowest BCUT2D eigenvalue weighted by Crippen LogP contribution is -2.38. The Labute approximate surface area is 143 Å². The molecule has 2 heterocycles. The molecule has 1 saturated heterocycles. The molecule has 1 aliphatic rings. The fourth-order valence-corrected chi connectivity index (χ4v) is 3.21. The third-order valence-corrected chi connectivity index (χ3v) is 4.60. The Kier molecular flexibility index (Phi) is 5.30. The number of aryl methyl sites for hydroxylation is 2. The molecule has 1 aliphatic heterocycles. The molecular formula is C19H26N4O. The molecule has 2 aromatic rings. The van der Waals surface area contributed by atoms with E-state index in [1.165, 1.54) is 12.8 Å². The number of nitrogens with zero attached hydrogens (tertiary/aromatic N) is 2. The molecule has 1 fully saturated rings. The van der Waals surface area contributed by atoms with Crippen LogP contribution in [0.1, 0.15) is 40.2 Å². The lowest BCUT2D eigenvalue weighted by molar-refractivity contribution is 0.0945. The van der Waals surface area contributed by atoms with E-state index in [-0.39, 0.29) is 5.91 Å². The molecule has 2 N–H and O–H groups in total. The van der Waals surface area contributed by atoms with Gasteiger partial charge in [-0.1, -0.05) is 12.1 Å². The van der Waals surface area contributed by atoms with Crippen molar-refractivity contribution in [1.29, 1.82) is 0 Å². The van der Waals surface area contributed by atoms with E-state index in [0.717, 1.165) is 48.7 Å². The first-order chi connectivity index (χ1) is 11.6. The Hall–Kier alpha value is -2.14. The van der Waals surface area contributed by atoms with Crippen molar-refractivity contribution >= 4 is 5.91 Å². The molecule has 0 bridgehead atoms. The Bertz CT molecular complexity index is 684. The third kappa shape index (κ3) is 4.23. The van der Waals surface area contributed by atoms with Gasteiger partial charge in [0.25, 0.3) is 5.91 Å².